The molecule has 0 spiro atoms. The summed E-state index contributed by atoms with van der Waals surface area (Å²) in [5.74, 6) is -0.571. The number of hydrogen-bond donors (Lipinski definition) is 1. The van der Waals surface area contributed by atoms with Crippen molar-refractivity contribution in [2.24, 2.45) is 11.3 Å². The summed E-state index contributed by atoms with van der Waals surface area (Å²) in [6.07, 6.45) is 2.83. The maximum atomic E-state index is 12.5. The SMILES string of the molecule is C[C@H]1C[C@@H](NC(=O)CN2C(=O)c3ccccc3S2(=O)=O)CC(C)(C)C1. The Bertz CT molecular complexity index is 816. The first-order valence-electron chi connectivity index (χ1n) is 8.56. The van der Waals surface area contributed by atoms with Gasteiger partial charge in [-0.3, -0.25) is 9.59 Å². The minimum Gasteiger partial charge on any atom is -0.352 e. The molecule has 25 heavy (non-hydrogen) atoms. The highest BCUT2D eigenvalue weighted by Gasteiger charge is 2.42. The lowest BCUT2D eigenvalue weighted by Crippen LogP contribution is -2.47. The Hall–Kier alpha value is -1.89. The molecule has 1 fully saturated rings. The summed E-state index contributed by atoms with van der Waals surface area (Å²) in [6, 6.07) is 6.05. The smallest absolute Gasteiger partial charge is 0.269 e. The highest BCUT2D eigenvalue weighted by atomic mass is 32.2. The summed E-state index contributed by atoms with van der Waals surface area (Å²) in [5.41, 5.74) is 0.268. The second kappa shape index (κ2) is 6.12. The fourth-order valence-electron chi connectivity index (χ4n) is 4.25. The predicted molar refractivity (Wildman–Crippen MR) is 93.4 cm³/mol. The van der Waals surface area contributed by atoms with Crippen LogP contribution in [0.25, 0.3) is 0 Å². The van der Waals surface area contributed by atoms with Gasteiger partial charge in [0.2, 0.25) is 5.91 Å². The third-order valence-electron chi connectivity index (χ3n) is 4.95. The zero-order valence-corrected chi connectivity index (χ0v) is 15.6. The normalized spacial score (nSPS) is 27.0. The minimum absolute atomic E-state index is 0.00837. The Kier molecular flexibility index (Phi) is 4.39. The number of nitrogens with one attached hydrogen (secondary N) is 1. The van der Waals surface area contributed by atoms with Crippen molar-refractivity contribution in [3.05, 3.63) is 29.8 Å². The van der Waals surface area contributed by atoms with Crippen molar-refractivity contribution in [3.8, 4) is 0 Å². The van der Waals surface area contributed by atoms with E-state index in [9.17, 15) is 18.0 Å². The van der Waals surface area contributed by atoms with Gasteiger partial charge in [0.15, 0.2) is 0 Å². The summed E-state index contributed by atoms with van der Waals surface area (Å²) in [6.45, 7) is 6.03. The molecule has 1 N–H and O–H groups in total. The monoisotopic (exact) mass is 364 g/mol. The van der Waals surface area contributed by atoms with E-state index in [1.807, 2.05) is 0 Å². The number of amides is 2. The molecule has 0 bridgehead atoms. The zero-order chi connectivity index (χ0) is 18.4. The molecule has 1 aromatic carbocycles. The van der Waals surface area contributed by atoms with E-state index in [1.54, 1.807) is 12.1 Å². The van der Waals surface area contributed by atoms with Gasteiger partial charge >= 0.3 is 0 Å². The van der Waals surface area contributed by atoms with Crippen LogP contribution >= 0.6 is 0 Å². The number of fused-ring (bicyclic) bond motifs is 1. The van der Waals surface area contributed by atoms with Gasteiger partial charge in [-0.25, -0.2) is 12.7 Å². The van der Waals surface area contributed by atoms with Crippen molar-refractivity contribution >= 4 is 21.8 Å². The summed E-state index contributed by atoms with van der Waals surface area (Å²) < 4.78 is 25.7. The molecule has 1 saturated carbocycles. The Labute approximate surface area is 148 Å². The van der Waals surface area contributed by atoms with Crippen molar-refractivity contribution in [1.82, 2.24) is 9.62 Å². The van der Waals surface area contributed by atoms with Gasteiger partial charge in [-0.05, 0) is 42.7 Å². The summed E-state index contributed by atoms with van der Waals surface area (Å²) in [4.78, 5) is 24.7. The highest BCUT2D eigenvalue weighted by molar-refractivity contribution is 7.90. The average Bonchev–Trinajstić information content (AvgIpc) is 2.67. The van der Waals surface area contributed by atoms with Crippen molar-refractivity contribution < 1.29 is 18.0 Å². The third-order valence-corrected chi connectivity index (χ3v) is 6.74. The van der Waals surface area contributed by atoms with Crippen molar-refractivity contribution in [3.63, 3.8) is 0 Å². The van der Waals surface area contributed by atoms with Gasteiger partial charge in [-0.2, -0.15) is 0 Å². The molecule has 136 valence electrons. The van der Waals surface area contributed by atoms with E-state index < -0.39 is 28.4 Å². The van der Waals surface area contributed by atoms with E-state index in [0.717, 1.165) is 19.3 Å². The number of carbonyl (C=O) groups is 2. The van der Waals surface area contributed by atoms with Crippen LogP contribution in [0.3, 0.4) is 0 Å². The lowest BCUT2D eigenvalue weighted by molar-refractivity contribution is -0.122. The number of nitrogens with zero attached hydrogens (tertiary/aromatic N) is 1. The van der Waals surface area contributed by atoms with Crippen molar-refractivity contribution in [1.29, 1.82) is 0 Å². The molecular formula is C18H24N2O4S. The van der Waals surface area contributed by atoms with Crippen LogP contribution in [0.15, 0.2) is 29.2 Å². The summed E-state index contributed by atoms with van der Waals surface area (Å²) >= 11 is 0. The van der Waals surface area contributed by atoms with Gasteiger partial charge in [-0.1, -0.05) is 32.9 Å². The van der Waals surface area contributed by atoms with Crippen LogP contribution < -0.4 is 5.32 Å². The van der Waals surface area contributed by atoms with Gasteiger partial charge in [0.05, 0.1) is 5.56 Å². The molecule has 1 heterocycles. The highest BCUT2D eigenvalue weighted by Crippen LogP contribution is 2.38. The fraction of sp³-hybridized carbons (Fsp3) is 0.556. The molecule has 2 atom stereocenters. The summed E-state index contributed by atoms with van der Waals surface area (Å²) in [5, 5.41) is 2.92. The second-order valence-electron chi connectivity index (χ2n) is 7.99. The number of sulfonamides is 1. The lowest BCUT2D eigenvalue weighted by Gasteiger charge is -2.39. The zero-order valence-electron chi connectivity index (χ0n) is 14.8. The first-order chi connectivity index (χ1) is 11.6. The molecule has 0 unspecified atom stereocenters. The lowest BCUT2D eigenvalue weighted by atomic mass is 9.70. The quantitative estimate of drug-likeness (QED) is 0.891. The molecule has 1 aromatic rings. The van der Waals surface area contributed by atoms with Crippen LogP contribution in [-0.4, -0.2) is 37.1 Å². The fourth-order valence-corrected chi connectivity index (χ4v) is 5.77. The Balaban J connectivity index is 1.71. The third kappa shape index (κ3) is 3.42. The van der Waals surface area contributed by atoms with Gasteiger partial charge in [0.1, 0.15) is 11.4 Å². The topological polar surface area (TPSA) is 83.6 Å². The van der Waals surface area contributed by atoms with Crippen molar-refractivity contribution in [2.45, 2.75) is 51.0 Å². The largest absolute Gasteiger partial charge is 0.352 e. The van der Waals surface area contributed by atoms with Crippen LogP contribution in [-0.2, 0) is 14.8 Å². The van der Waals surface area contributed by atoms with Crippen molar-refractivity contribution in [2.75, 3.05) is 6.54 Å². The van der Waals surface area contributed by atoms with Crippen LogP contribution in [0.5, 0.6) is 0 Å². The minimum atomic E-state index is -3.94. The molecule has 2 amide bonds. The number of carbonyl (C=O) groups excluding carboxylic acids is 2. The molecule has 1 aliphatic carbocycles. The molecule has 3 rings (SSSR count). The number of benzene rings is 1. The molecule has 1 aliphatic heterocycles. The number of hydrogen-bond acceptors (Lipinski definition) is 4. The molecular weight excluding hydrogens is 340 g/mol. The van der Waals surface area contributed by atoms with Crippen LogP contribution in [0.1, 0.15) is 50.4 Å². The Morgan fingerprint density at radius 2 is 1.96 bits per heavy atom. The first kappa shape index (κ1) is 17.9. The van der Waals surface area contributed by atoms with E-state index in [0.29, 0.717) is 10.2 Å². The van der Waals surface area contributed by atoms with Gasteiger partial charge in [0, 0.05) is 6.04 Å². The first-order valence-corrected chi connectivity index (χ1v) is 10.00. The van der Waals surface area contributed by atoms with Crippen LogP contribution in [0.4, 0.5) is 0 Å². The molecule has 2 aliphatic rings. The Morgan fingerprint density at radius 1 is 1.28 bits per heavy atom. The van der Waals surface area contributed by atoms with E-state index in [4.69, 9.17) is 0 Å². The maximum Gasteiger partial charge on any atom is 0.269 e. The second-order valence-corrected chi connectivity index (χ2v) is 9.82. The molecule has 0 saturated heterocycles. The van der Waals surface area contributed by atoms with E-state index >= 15 is 0 Å². The van der Waals surface area contributed by atoms with Crippen LogP contribution in [0.2, 0.25) is 0 Å². The average molecular weight is 364 g/mol. The van der Waals surface area contributed by atoms with E-state index in [1.165, 1.54) is 12.1 Å². The predicted octanol–water partition coefficient (Wildman–Crippen LogP) is 2.16. The standard InChI is InChI=1S/C18H24N2O4S/c1-12-8-13(10-18(2,3)9-12)19-16(21)11-20-17(22)14-6-4-5-7-15(14)25(20,23)24/h4-7,12-13H,8-11H2,1-3H3,(H,19,21)/t12-,13+/m0/s1. The van der Waals surface area contributed by atoms with E-state index in [-0.39, 0.29) is 21.9 Å². The van der Waals surface area contributed by atoms with E-state index in [2.05, 4.69) is 26.1 Å². The number of rotatable bonds is 3. The van der Waals surface area contributed by atoms with Gasteiger partial charge < -0.3 is 5.32 Å². The summed E-state index contributed by atoms with van der Waals surface area (Å²) in [7, 11) is -3.94. The van der Waals surface area contributed by atoms with Crippen LogP contribution in [0, 0.1) is 11.3 Å². The molecule has 0 radical (unpaired) electrons. The molecule has 6 nitrogen and oxygen atoms in total. The maximum absolute atomic E-state index is 12.5. The molecule has 0 aromatic heterocycles. The molecule has 7 heteroatoms. The van der Waals surface area contributed by atoms with Gasteiger partial charge in [0.25, 0.3) is 15.9 Å². The van der Waals surface area contributed by atoms with Gasteiger partial charge in [-0.15, -0.1) is 0 Å². The Morgan fingerprint density at radius 3 is 2.60 bits per heavy atom.